The monoisotopic (exact) mass is 443 g/mol. The number of nitrogens with zero attached hydrogens (tertiary/aromatic N) is 3. The molecular weight excluding hydrogens is 418 g/mol. The molecule has 3 rings (SSSR count). The number of amides is 1. The van der Waals surface area contributed by atoms with Crippen LogP contribution in [0.25, 0.3) is 0 Å². The Morgan fingerprint density at radius 3 is 2.65 bits per heavy atom. The summed E-state index contributed by atoms with van der Waals surface area (Å²) in [6.07, 6.45) is 1.60. The SMILES string of the molecule is COc1ccccc1NS(=O)(=O)c1cc(C(=O)NCC(C)c2nncn2C)ccc1C. The van der Waals surface area contributed by atoms with E-state index >= 15 is 0 Å². The van der Waals surface area contributed by atoms with Crippen molar-refractivity contribution in [1.82, 2.24) is 20.1 Å². The molecule has 164 valence electrons. The number of carbonyl (C=O) groups is 1. The Labute approximate surface area is 181 Å². The quantitative estimate of drug-likeness (QED) is 0.553. The standard InChI is InChI=1S/C21H25N5O4S/c1-14-9-10-16(21(27)22-12-15(2)20-24-23-13-26(20)3)11-19(14)31(28,29)25-17-7-5-6-8-18(17)30-4/h5-11,13,15,25H,12H2,1-4H3,(H,22,27). The summed E-state index contributed by atoms with van der Waals surface area (Å²) < 4.78 is 35.5. The lowest BCUT2D eigenvalue weighted by molar-refractivity contribution is 0.0951. The lowest BCUT2D eigenvalue weighted by atomic mass is 10.1. The van der Waals surface area contributed by atoms with Gasteiger partial charge in [0.15, 0.2) is 0 Å². The number of nitrogens with one attached hydrogen (secondary N) is 2. The second-order valence-electron chi connectivity index (χ2n) is 7.20. The van der Waals surface area contributed by atoms with Gasteiger partial charge in [-0.1, -0.05) is 25.1 Å². The molecule has 0 aliphatic heterocycles. The fourth-order valence-corrected chi connectivity index (χ4v) is 4.48. The fourth-order valence-electron chi connectivity index (χ4n) is 3.14. The van der Waals surface area contributed by atoms with E-state index in [0.29, 0.717) is 23.5 Å². The molecule has 1 heterocycles. The van der Waals surface area contributed by atoms with Gasteiger partial charge in [-0.25, -0.2) is 8.42 Å². The van der Waals surface area contributed by atoms with Gasteiger partial charge in [-0.2, -0.15) is 0 Å². The topological polar surface area (TPSA) is 115 Å². The Kier molecular flexibility index (Phi) is 6.59. The zero-order chi connectivity index (χ0) is 22.6. The molecular formula is C21H25N5O4S. The maximum atomic E-state index is 13.0. The highest BCUT2D eigenvalue weighted by Gasteiger charge is 2.21. The Morgan fingerprint density at radius 1 is 1.23 bits per heavy atom. The summed E-state index contributed by atoms with van der Waals surface area (Å²) in [5.74, 6) is 0.712. The summed E-state index contributed by atoms with van der Waals surface area (Å²) in [4.78, 5) is 12.7. The third kappa shape index (κ3) is 5.02. The lowest BCUT2D eigenvalue weighted by Crippen LogP contribution is -2.28. The van der Waals surface area contributed by atoms with Crippen LogP contribution in [0.15, 0.2) is 53.7 Å². The molecule has 1 atom stereocenters. The summed E-state index contributed by atoms with van der Waals surface area (Å²) in [6.45, 7) is 3.93. The maximum absolute atomic E-state index is 13.0. The summed E-state index contributed by atoms with van der Waals surface area (Å²) in [5.41, 5.74) is 1.08. The number of methoxy groups -OCH3 is 1. The molecule has 0 aliphatic rings. The highest BCUT2D eigenvalue weighted by atomic mass is 32.2. The number of hydrogen-bond acceptors (Lipinski definition) is 6. The first-order valence-electron chi connectivity index (χ1n) is 9.61. The molecule has 1 aromatic heterocycles. The number of anilines is 1. The first kappa shape index (κ1) is 22.3. The van der Waals surface area contributed by atoms with Gasteiger partial charge in [0, 0.05) is 25.1 Å². The van der Waals surface area contributed by atoms with Crippen molar-refractivity contribution < 1.29 is 17.9 Å². The molecule has 1 amide bonds. The molecule has 2 N–H and O–H groups in total. The van der Waals surface area contributed by atoms with E-state index in [2.05, 4.69) is 20.2 Å². The van der Waals surface area contributed by atoms with E-state index in [1.807, 2.05) is 14.0 Å². The van der Waals surface area contributed by atoms with Gasteiger partial charge in [0.2, 0.25) is 0 Å². The highest BCUT2D eigenvalue weighted by molar-refractivity contribution is 7.92. The maximum Gasteiger partial charge on any atom is 0.262 e. The average molecular weight is 444 g/mol. The van der Waals surface area contributed by atoms with Crippen LogP contribution in [-0.2, 0) is 17.1 Å². The highest BCUT2D eigenvalue weighted by Crippen LogP contribution is 2.27. The van der Waals surface area contributed by atoms with E-state index in [1.165, 1.54) is 13.2 Å². The number of aryl methyl sites for hydroxylation is 2. The van der Waals surface area contributed by atoms with Crippen LogP contribution in [0.4, 0.5) is 5.69 Å². The van der Waals surface area contributed by atoms with Crippen molar-refractivity contribution in [3.63, 3.8) is 0 Å². The lowest BCUT2D eigenvalue weighted by Gasteiger charge is -2.15. The normalized spacial score (nSPS) is 12.3. The molecule has 0 fully saturated rings. The van der Waals surface area contributed by atoms with E-state index < -0.39 is 10.0 Å². The Bertz CT molecular complexity index is 1190. The van der Waals surface area contributed by atoms with Crippen molar-refractivity contribution in [1.29, 1.82) is 0 Å². The molecule has 0 saturated heterocycles. The van der Waals surface area contributed by atoms with Crippen LogP contribution in [0, 0.1) is 6.92 Å². The van der Waals surface area contributed by atoms with Crippen LogP contribution in [0.2, 0.25) is 0 Å². The van der Waals surface area contributed by atoms with E-state index in [-0.39, 0.29) is 22.3 Å². The third-order valence-electron chi connectivity index (χ3n) is 4.85. The number of ether oxygens (including phenoxy) is 1. The predicted molar refractivity (Wildman–Crippen MR) is 117 cm³/mol. The van der Waals surface area contributed by atoms with Crippen LogP contribution in [0.3, 0.4) is 0 Å². The molecule has 0 saturated carbocycles. The van der Waals surface area contributed by atoms with Gasteiger partial charge in [0.05, 0.1) is 17.7 Å². The zero-order valence-corrected chi connectivity index (χ0v) is 18.6. The van der Waals surface area contributed by atoms with Crippen LogP contribution in [-0.4, -0.2) is 42.7 Å². The number of para-hydroxylation sites is 2. The minimum Gasteiger partial charge on any atom is -0.495 e. The van der Waals surface area contributed by atoms with Crippen molar-refractivity contribution in [3.8, 4) is 5.75 Å². The second kappa shape index (κ2) is 9.17. The summed E-state index contributed by atoms with van der Waals surface area (Å²) in [5, 5.41) is 10.7. The molecule has 0 bridgehead atoms. The molecule has 3 aromatic rings. The van der Waals surface area contributed by atoms with Gasteiger partial charge in [0.25, 0.3) is 15.9 Å². The van der Waals surface area contributed by atoms with E-state index in [1.54, 1.807) is 54.2 Å². The van der Waals surface area contributed by atoms with Gasteiger partial charge >= 0.3 is 0 Å². The molecule has 2 aromatic carbocycles. The number of sulfonamides is 1. The van der Waals surface area contributed by atoms with Crippen LogP contribution < -0.4 is 14.8 Å². The van der Waals surface area contributed by atoms with Crippen molar-refractivity contribution in [2.24, 2.45) is 7.05 Å². The minimum absolute atomic E-state index is 0.0207. The Morgan fingerprint density at radius 2 is 1.97 bits per heavy atom. The largest absolute Gasteiger partial charge is 0.495 e. The van der Waals surface area contributed by atoms with Gasteiger partial charge in [-0.3, -0.25) is 9.52 Å². The Balaban J connectivity index is 1.79. The number of aromatic nitrogens is 3. The molecule has 9 nitrogen and oxygen atoms in total. The number of carbonyl (C=O) groups excluding carboxylic acids is 1. The molecule has 10 heteroatoms. The van der Waals surface area contributed by atoms with Gasteiger partial charge in [0.1, 0.15) is 17.9 Å². The van der Waals surface area contributed by atoms with Crippen LogP contribution in [0.5, 0.6) is 5.75 Å². The molecule has 0 spiro atoms. The van der Waals surface area contributed by atoms with Gasteiger partial charge in [-0.05, 0) is 36.8 Å². The average Bonchev–Trinajstić information content (AvgIpc) is 3.18. The smallest absolute Gasteiger partial charge is 0.262 e. The van der Waals surface area contributed by atoms with E-state index in [0.717, 1.165) is 5.82 Å². The number of rotatable bonds is 8. The first-order chi connectivity index (χ1) is 14.7. The van der Waals surface area contributed by atoms with Crippen molar-refractivity contribution in [2.45, 2.75) is 24.7 Å². The molecule has 0 aliphatic carbocycles. The van der Waals surface area contributed by atoms with Crippen LogP contribution >= 0.6 is 0 Å². The minimum atomic E-state index is -3.94. The van der Waals surface area contributed by atoms with E-state index in [4.69, 9.17) is 4.74 Å². The summed E-state index contributed by atoms with van der Waals surface area (Å²) in [6, 6.07) is 11.3. The fraction of sp³-hybridized carbons (Fsp3) is 0.286. The molecule has 31 heavy (non-hydrogen) atoms. The first-order valence-corrected chi connectivity index (χ1v) is 11.1. The van der Waals surface area contributed by atoms with E-state index in [9.17, 15) is 13.2 Å². The van der Waals surface area contributed by atoms with Crippen LogP contribution in [0.1, 0.15) is 34.6 Å². The zero-order valence-electron chi connectivity index (χ0n) is 17.8. The Hall–Kier alpha value is -3.40. The van der Waals surface area contributed by atoms with Crippen molar-refractivity contribution >= 4 is 21.6 Å². The third-order valence-corrected chi connectivity index (χ3v) is 6.35. The van der Waals surface area contributed by atoms with Crippen molar-refractivity contribution in [2.75, 3.05) is 18.4 Å². The van der Waals surface area contributed by atoms with Gasteiger partial charge in [-0.15, -0.1) is 10.2 Å². The molecule has 1 unspecified atom stereocenters. The number of hydrogen-bond donors (Lipinski definition) is 2. The predicted octanol–water partition coefficient (Wildman–Crippen LogP) is 2.47. The summed E-state index contributed by atoms with van der Waals surface area (Å²) >= 11 is 0. The van der Waals surface area contributed by atoms with Gasteiger partial charge < -0.3 is 14.6 Å². The molecule has 0 radical (unpaired) electrons. The van der Waals surface area contributed by atoms with Crippen molar-refractivity contribution in [3.05, 3.63) is 65.7 Å². The summed E-state index contributed by atoms with van der Waals surface area (Å²) in [7, 11) is -0.640. The number of benzene rings is 2. The second-order valence-corrected chi connectivity index (χ2v) is 8.85.